The van der Waals surface area contributed by atoms with E-state index in [1.807, 2.05) is 19.1 Å². The first kappa shape index (κ1) is 21.9. The Morgan fingerprint density at radius 3 is 2.52 bits per heavy atom. The van der Waals surface area contributed by atoms with Gasteiger partial charge in [-0.3, -0.25) is 4.79 Å². The molecule has 1 amide bonds. The fourth-order valence-electron chi connectivity index (χ4n) is 3.27. The van der Waals surface area contributed by atoms with Crippen LogP contribution in [-0.4, -0.2) is 27.6 Å². The number of amides is 1. The van der Waals surface area contributed by atoms with Crippen LogP contribution in [0.5, 0.6) is 11.5 Å². The molecule has 8 nitrogen and oxygen atoms in total. The molecule has 0 aliphatic carbocycles. The molecule has 0 spiro atoms. The lowest BCUT2D eigenvalue weighted by Crippen LogP contribution is -2.28. The van der Waals surface area contributed by atoms with Crippen molar-refractivity contribution in [3.05, 3.63) is 88.2 Å². The molecular weight excluding hydrogens is 422 g/mol. The summed E-state index contributed by atoms with van der Waals surface area (Å²) in [6, 6.07) is 17.5. The monoisotopic (exact) mass is 445 g/mol. The van der Waals surface area contributed by atoms with E-state index in [1.54, 1.807) is 55.5 Å². The Balaban J connectivity index is 1.41. The minimum Gasteiger partial charge on any atom is -0.508 e. The van der Waals surface area contributed by atoms with Crippen LogP contribution in [0.2, 0.25) is 0 Å². The van der Waals surface area contributed by atoms with Gasteiger partial charge in [-0.05, 0) is 85.6 Å². The van der Waals surface area contributed by atoms with Crippen LogP contribution in [-0.2, 0) is 11.3 Å². The number of aromatic hydroxyl groups is 1. The molecule has 0 atom stereocenters. The van der Waals surface area contributed by atoms with E-state index in [0.29, 0.717) is 35.0 Å². The van der Waals surface area contributed by atoms with Crippen LogP contribution in [0.4, 0.5) is 0 Å². The Morgan fingerprint density at radius 1 is 1.06 bits per heavy atom. The van der Waals surface area contributed by atoms with Crippen LogP contribution >= 0.6 is 0 Å². The Morgan fingerprint density at radius 2 is 1.82 bits per heavy atom. The molecule has 0 radical (unpaired) electrons. The number of aromatic amines is 1. The van der Waals surface area contributed by atoms with E-state index in [-0.39, 0.29) is 18.3 Å². The Hall–Kier alpha value is -4.33. The zero-order chi connectivity index (χ0) is 23.4. The number of carbonyl (C=O) groups excluding carboxylic acids is 1. The lowest BCUT2D eigenvalue weighted by Gasteiger charge is -2.09. The fourth-order valence-corrected chi connectivity index (χ4v) is 3.27. The highest BCUT2D eigenvalue weighted by molar-refractivity contribution is 5.77. The lowest BCUT2D eigenvalue weighted by molar-refractivity contribution is -0.123. The van der Waals surface area contributed by atoms with Crippen LogP contribution in [0.25, 0.3) is 22.5 Å². The number of furan rings is 1. The molecule has 0 unspecified atom stereocenters. The van der Waals surface area contributed by atoms with Crippen molar-refractivity contribution in [2.75, 3.05) is 6.61 Å². The average Bonchev–Trinajstić information content (AvgIpc) is 3.23. The Bertz CT molecular complexity index is 1340. The number of benzene rings is 2. The van der Waals surface area contributed by atoms with Crippen LogP contribution in [0.3, 0.4) is 0 Å². The molecule has 2 aromatic carbocycles. The van der Waals surface area contributed by atoms with Gasteiger partial charge in [0, 0.05) is 5.56 Å². The summed E-state index contributed by atoms with van der Waals surface area (Å²) in [4.78, 5) is 30.9. The highest BCUT2D eigenvalue weighted by Crippen LogP contribution is 2.26. The highest BCUT2D eigenvalue weighted by Gasteiger charge is 2.09. The summed E-state index contributed by atoms with van der Waals surface area (Å²) in [6.45, 7) is 3.79. The SMILES string of the molecule is Cc1ccc(CNC(=O)COc2ccc(-c3cc(-c4ccc(O)c(C)c4)nc(=O)[nH]3)cc2)o1. The molecule has 168 valence electrons. The van der Waals surface area contributed by atoms with Crippen LogP contribution in [0.1, 0.15) is 17.1 Å². The van der Waals surface area contributed by atoms with Crippen molar-refractivity contribution in [1.82, 2.24) is 15.3 Å². The van der Waals surface area contributed by atoms with Crippen molar-refractivity contribution in [3.8, 4) is 34.0 Å². The molecule has 8 heteroatoms. The zero-order valence-electron chi connectivity index (χ0n) is 18.2. The number of H-pyrrole nitrogens is 1. The summed E-state index contributed by atoms with van der Waals surface area (Å²) in [7, 11) is 0. The van der Waals surface area contributed by atoms with Crippen molar-refractivity contribution >= 4 is 5.91 Å². The van der Waals surface area contributed by atoms with Crippen molar-refractivity contribution < 1.29 is 19.1 Å². The third-order valence-corrected chi connectivity index (χ3v) is 5.03. The van der Waals surface area contributed by atoms with Gasteiger partial charge in [0.05, 0.1) is 17.9 Å². The van der Waals surface area contributed by atoms with Crippen molar-refractivity contribution in [3.63, 3.8) is 0 Å². The van der Waals surface area contributed by atoms with Gasteiger partial charge in [0.1, 0.15) is 23.0 Å². The topological polar surface area (TPSA) is 117 Å². The van der Waals surface area contributed by atoms with Gasteiger partial charge in [0.2, 0.25) is 0 Å². The normalized spacial score (nSPS) is 10.7. The minimum atomic E-state index is -0.475. The Kier molecular flexibility index (Phi) is 6.26. The second-order valence-electron chi connectivity index (χ2n) is 7.59. The highest BCUT2D eigenvalue weighted by atomic mass is 16.5. The zero-order valence-corrected chi connectivity index (χ0v) is 18.2. The summed E-state index contributed by atoms with van der Waals surface area (Å²) in [5, 5.41) is 12.5. The van der Waals surface area contributed by atoms with E-state index < -0.39 is 5.69 Å². The van der Waals surface area contributed by atoms with Gasteiger partial charge >= 0.3 is 5.69 Å². The van der Waals surface area contributed by atoms with Crippen LogP contribution in [0, 0.1) is 13.8 Å². The van der Waals surface area contributed by atoms with Crippen molar-refractivity contribution in [1.29, 1.82) is 0 Å². The summed E-state index contributed by atoms with van der Waals surface area (Å²) < 4.78 is 11.0. The molecule has 4 aromatic rings. The number of nitrogens with zero attached hydrogens (tertiary/aromatic N) is 1. The maximum absolute atomic E-state index is 12.1. The molecule has 0 aliphatic heterocycles. The third kappa shape index (κ3) is 5.48. The molecule has 0 bridgehead atoms. The van der Waals surface area contributed by atoms with Gasteiger partial charge < -0.3 is 24.6 Å². The van der Waals surface area contributed by atoms with Gasteiger partial charge in [0.25, 0.3) is 5.91 Å². The minimum absolute atomic E-state index is 0.129. The first-order chi connectivity index (χ1) is 15.9. The third-order valence-electron chi connectivity index (χ3n) is 5.03. The predicted octanol–water partition coefficient (Wildman–Crippen LogP) is 3.71. The van der Waals surface area contributed by atoms with Gasteiger partial charge in [-0.25, -0.2) is 4.79 Å². The van der Waals surface area contributed by atoms with Gasteiger partial charge in [0.15, 0.2) is 6.61 Å². The quantitative estimate of drug-likeness (QED) is 0.399. The molecule has 0 fully saturated rings. The van der Waals surface area contributed by atoms with Crippen molar-refractivity contribution in [2.24, 2.45) is 0 Å². The molecule has 0 aliphatic rings. The van der Waals surface area contributed by atoms with E-state index in [9.17, 15) is 14.7 Å². The molecular formula is C25H23N3O5. The molecule has 33 heavy (non-hydrogen) atoms. The van der Waals surface area contributed by atoms with Gasteiger partial charge in [-0.2, -0.15) is 4.98 Å². The van der Waals surface area contributed by atoms with Gasteiger partial charge in [-0.15, -0.1) is 0 Å². The second kappa shape index (κ2) is 9.44. The number of aromatic nitrogens is 2. The number of aryl methyl sites for hydroxylation is 2. The van der Waals surface area contributed by atoms with E-state index in [4.69, 9.17) is 9.15 Å². The molecule has 0 saturated carbocycles. The number of hydrogen-bond donors (Lipinski definition) is 3. The maximum atomic E-state index is 12.1. The molecule has 2 heterocycles. The number of hydrogen-bond acceptors (Lipinski definition) is 6. The summed E-state index contributed by atoms with van der Waals surface area (Å²) in [5.41, 5.74) is 2.80. The van der Waals surface area contributed by atoms with E-state index in [0.717, 1.165) is 16.9 Å². The number of phenolic OH excluding ortho intramolecular Hbond substituents is 1. The molecule has 2 aromatic heterocycles. The molecule has 3 N–H and O–H groups in total. The summed E-state index contributed by atoms with van der Waals surface area (Å²) >= 11 is 0. The Labute approximate surface area is 189 Å². The van der Waals surface area contributed by atoms with E-state index >= 15 is 0 Å². The van der Waals surface area contributed by atoms with Crippen molar-refractivity contribution in [2.45, 2.75) is 20.4 Å². The summed E-state index contributed by atoms with van der Waals surface area (Å²) in [6.07, 6.45) is 0. The largest absolute Gasteiger partial charge is 0.508 e. The number of rotatable bonds is 7. The number of nitrogens with one attached hydrogen (secondary N) is 2. The molecule has 0 saturated heterocycles. The number of phenols is 1. The van der Waals surface area contributed by atoms with E-state index in [2.05, 4.69) is 15.3 Å². The number of carbonyl (C=O) groups is 1. The first-order valence-electron chi connectivity index (χ1n) is 10.3. The smallest absolute Gasteiger partial charge is 0.345 e. The standard InChI is InChI=1S/C25H23N3O5/c1-15-11-18(6-10-23(15)29)22-12-21(27-25(31)28-22)17-4-8-19(9-5-17)32-14-24(30)26-13-20-7-3-16(2)33-20/h3-12,29H,13-14H2,1-2H3,(H,26,30)(H,27,28,31). The predicted molar refractivity (Wildman–Crippen MR) is 123 cm³/mol. The average molecular weight is 445 g/mol. The maximum Gasteiger partial charge on any atom is 0.345 e. The first-order valence-corrected chi connectivity index (χ1v) is 10.3. The summed E-state index contributed by atoms with van der Waals surface area (Å²) in [5.74, 6) is 1.91. The van der Waals surface area contributed by atoms with Gasteiger partial charge in [-0.1, -0.05) is 0 Å². The second-order valence-corrected chi connectivity index (χ2v) is 7.59. The lowest BCUT2D eigenvalue weighted by atomic mass is 10.1. The molecule has 4 rings (SSSR count). The van der Waals surface area contributed by atoms with Crippen LogP contribution < -0.4 is 15.7 Å². The van der Waals surface area contributed by atoms with Crippen LogP contribution in [0.15, 0.2) is 69.9 Å². The van der Waals surface area contributed by atoms with E-state index in [1.165, 1.54) is 0 Å². The fraction of sp³-hybridized carbons (Fsp3) is 0.160. The number of ether oxygens (including phenoxy) is 1.